The fraction of sp³-hybridized carbons (Fsp3) is 0.263. The van der Waals surface area contributed by atoms with Crippen molar-refractivity contribution < 1.29 is 14.3 Å². The van der Waals surface area contributed by atoms with Crippen molar-refractivity contribution >= 4 is 11.9 Å². The number of hydrogen-bond donors (Lipinski definition) is 2. The second-order valence-corrected chi connectivity index (χ2v) is 6.00. The molecule has 2 N–H and O–H groups in total. The van der Waals surface area contributed by atoms with E-state index in [1.807, 2.05) is 26.0 Å². The number of ether oxygens (including phenoxy) is 1. The molecule has 24 heavy (non-hydrogen) atoms. The number of hydrogen-bond acceptors (Lipinski definition) is 4. The van der Waals surface area contributed by atoms with Gasteiger partial charge in [0, 0.05) is 5.56 Å². The van der Waals surface area contributed by atoms with E-state index in [-0.39, 0.29) is 11.8 Å². The van der Waals surface area contributed by atoms with E-state index in [1.54, 1.807) is 55.5 Å². The molecule has 5 heteroatoms. The molecule has 0 aliphatic rings. The van der Waals surface area contributed by atoms with E-state index in [2.05, 4.69) is 10.9 Å². The molecule has 2 rings (SSSR count). The molecule has 2 aromatic rings. The Morgan fingerprint density at radius 1 is 0.958 bits per heavy atom. The first-order valence-electron chi connectivity index (χ1n) is 7.83. The number of benzene rings is 2. The minimum Gasteiger partial charge on any atom is -0.425 e. The first kappa shape index (κ1) is 17.7. The third-order valence-electron chi connectivity index (χ3n) is 4.00. The van der Waals surface area contributed by atoms with Gasteiger partial charge in [-0.15, -0.1) is 0 Å². The molecule has 0 aliphatic carbocycles. The van der Waals surface area contributed by atoms with Crippen molar-refractivity contribution in [1.82, 2.24) is 10.9 Å². The zero-order chi connectivity index (χ0) is 17.6. The fourth-order valence-corrected chi connectivity index (χ4v) is 1.98. The molecule has 5 nitrogen and oxygen atoms in total. The number of amides is 1. The first-order valence-corrected chi connectivity index (χ1v) is 7.83. The van der Waals surface area contributed by atoms with E-state index in [4.69, 9.17) is 4.74 Å². The van der Waals surface area contributed by atoms with Crippen LogP contribution in [0.15, 0.2) is 60.7 Å². The summed E-state index contributed by atoms with van der Waals surface area (Å²) in [7, 11) is 0. The molecule has 1 amide bonds. The van der Waals surface area contributed by atoms with Gasteiger partial charge in [0.2, 0.25) is 0 Å². The summed E-state index contributed by atoms with van der Waals surface area (Å²) in [5.41, 5.74) is 4.88. The van der Waals surface area contributed by atoms with E-state index in [0.717, 1.165) is 0 Å². The van der Waals surface area contributed by atoms with Gasteiger partial charge in [0.25, 0.3) is 5.91 Å². The Morgan fingerprint density at radius 3 is 2.04 bits per heavy atom. The standard InChI is InChI=1S/C19H22N2O3/c1-14(2)19(3,18(23)24-16-12-8-5-9-13-16)21-20-17(22)15-10-6-4-7-11-15/h4-14,21H,1-3H3,(H,20,22). The summed E-state index contributed by atoms with van der Waals surface area (Å²) in [4.78, 5) is 24.8. The largest absolute Gasteiger partial charge is 0.425 e. The Kier molecular flexibility index (Phi) is 5.71. The summed E-state index contributed by atoms with van der Waals surface area (Å²) in [6, 6.07) is 17.6. The molecule has 0 saturated carbocycles. The van der Waals surface area contributed by atoms with E-state index in [0.29, 0.717) is 11.3 Å². The zero-order valence-corrected chi connectivity index (χ0v) is 14.1. The van der Waals surface area contributed by atoms with Crippen LogP contribution in [0.3, 0.4) is 0 Å². The molecule has 0 radical (unpaired) electrons. The molecule has 0 heterocycles. The van der Waals surface area contributed by atoms with Crippen molar-refractivity contribution in [2.45, 2.75) is 26.3 Å². The summed E-state index contributed by atoms with van der Waals surface area (Å²) in [5.74, 6) is -0.414. The van der Waals surface area contributed by atoms with Gasteiger partial charge >= 0.3 is 5.97 Å². The van der Waals surface area contributed by atoms with Gasteiger partial charge in [-0.2, -0.15) is 0 Å². The molecule has 0 aromatic heterocycles. The lowest BCUT2D eigenvalue weighted by Crippen LogP contribution is -2.61. The van der Waals surface area contributed by atoms with Crippen LogP contribution < -0.4 is 15.6 Å². The number of hydrazine groups is 1. The van der Waals surface area contributed by atoms with Crippen LogP contribution in [0.4, 0.5) is 0 Å². The van der Waals surface area contributed by atoms with Crippen LogP contribution in [-0.2, 0) is 4.79 Å². The maximum absolute atomic E-state index is 12.6. The average molecular weight is 326 g/mol. The van der Waals surface area contributed by atoms with Crippen LogP contribution in [0.25, 0.3) is 0 Å². The molecule has 2 aromatic carbocycles. The van der Waals surface area contributed by atoms with Gasteiger partial charge in [-0.05, 0) is 37.1 Å². The van der Waals surface area contributed by atoms with Gasteiger partial charge in [0.05, 0.1) is 0 Å². The summed E-state index contributed by atoms with van der Waals surface area (Å²) in [5, 5.41) is 0. The van der Waals surface area contributed by atoms with Crippen molar-refractivity contribution in [2.24, 2.45) is 5.92 Å². The van der Waals surface area contributed by atoms with Crippen LogP contribution in [0.1, 0.15) is 31.1 Å². The molecule has 0 spiro atoms. The van der Waals surface area contributed by atoms with Crippen LogP contribution >= 0.6 is 0 Å². The highest BCUT2D eigenvalue weighted by molar-refractivity contribution is 5.94. The lowest BCUT2D eigenvalue weighted by Gasteiger charge is -2.32. The van der Waals surface area contributed by atoms with Crippen LogP contribution in [0, 0.1) is 5.92 Å². The van der Waals surface area contributed by atoms with Gasteiger partial charge in [-0.25, -0.2) is 10.2 Å². The maximum atomic E-state index is 12.6. The number of rotatable bonds is 6. The summed E-state index contributed by atoms with van der Waals surface area (Å²) in [6.45, 7) is 5.47. The normalized spacial score (nSPS) is 13.2. The van der Waals surface area contributed by atoms with E-state index in [9.17, 15) is 9.59 Å². The Bertz CT molecular complexity index is 686. The Labute approximate surface area is 142 Å². The SMILES string of the molecule is CC(C)C(C)(NNC(=O)c1ccccc1)C(=O)Oc1ccccc1. The van der Waals surface area contributed by atoms with Crippen molar-refractivity contribution in [1.29, 1.82) is 0 Å². The highest BCUT2D eigenvalue weighted by Gasteiger charge is 2.39. The Morgan fingerprint density at radius 2 is 1.50 bits per heavy atom. The lowest BCUT2D eigenvalue weighted by atomic mass is 9.89. The highest BCUT2D eigenvalue weighted by atomic mass is 16.5. The molecular formula is C19H22N2O3. The predicted octanol–water partition coefficient (Wildman–Crippen LogP) is 2.94. The van der Waals surface area contributed by atoms with Crippen LogP contribution in [0.2, 0.25) is 0 Å². The van der Waals surface area contributed by atoms with Gasteiger partial charge in [0.1, 0.15) is 11.3 Å². The minimum atomic E-state index is -1.07. The van der Waals surface area contributed by atoms with E-state index in [1.165, 1.54) is 0 Å². The molecule has 1 unspecified atom stereocenters. The van der Waals surface area contributed by atoms with Crippen molar-refractivity contribution in [3.05, 3.63) is 66.2 Å². The Hall–Kier alpha value is -2.66. The Balaban J connectivity index is 2.07. The number of carbonyl (C=O) groups excluding carboxylic acids is 2. The van der Waals surface area contributed by atoms with Crippen molar-refractivity contribution in [3.63, 3.8) is 0 Å². The number of nitrogens with one attached hydrogen (secondary N) is 2. The van der Waals surface area contributed by atoms with Gasteiger partial charge in [-0.3, -0.25) is 10.2 Å². The highest BCUT2D eigenvalue weighted by Crippen LogP contribution is 2.20. The lowest BCUT2D eigenvalue weighted by molar-refractivity contribution is -0.143. The predicted molar refractivity (Wildman–Crippen MR) is 92.4 cm³/mol. The van der Waals surface area contributed by atoms with E-state index < -0.39 is 11.5 Å². The topological polar surface area (TPSA) is 67.4 Å². The van der Waals surface area contributed by atoms with Gasteiger partial charge in [0.15, 0.2) is 0 Å². The van der Waals surface area contributed by atoms with Gasteiger partial charge < -0.3 is 4.74 Å². The summed E-state index contributed by atoms with van der Waals surface area (Å²) >= 11 is 0. The molecule has 126 valence electrons. The number of carbonyl (C=O) groups is 2. The van der Waals surface area contributed by atoms with Crippen molar-refractivity contribution in [3.8, 4) is 5.75 Å². The molecule has 0 saturated heterocycles. The molecule has 1 atom stereocenters. The second-order valence-electron chi connectivity index (χ2n) is 6.00. The molecule has 0 fully saturated rings. The maximum Gasteiger partial charge on any atom is 0.333 e. The fourth-order valence-electron chi connectivity index (χ4n) is 1.98. The monoisotopic (exact) mass is 326 g/mol. The minimum absolute atomic E-state index is 0.107. The average Bonchev–Trinajstić information content (AvgIpc) is 2.60. The number of para-hydroxylation sites is 1. The summed E-state index contributed by atoms with van der Waals surface area (Å²) in [6.07, 6.45) is 0. The van der Waals surface area contributed by atoms with Crippen molar-refractivity contribution in [2.75, 3.05) is 0 Å². The van der Waals surface area contributed by atoms with Crippen LogP contribution in [-0.4, -0.2) is 17.4 Å². The van der Waals surface area contributed by atoms with Crippen LogP contribution in [0.5, 0.6) is 5.75 Å². The first-order chi connectivity index (χ1) is 11.4. The quantitative estimate of drug-likeness (QED) is 0.486. The van der Waals surface area contributed by atoms with Gasteiger partial charge in [-0.1, -0.05) is 50.2 Å². The van der Waals surface area contributed by atoms with E-state index >= 15 is 0 Å². The summed E-state index contributed by atoms with van der Waals surface area (Å²) < 4.78 is 5.43. The molecule has 0 aliphatic heterocycles. The zero-order valence-electron chi connectivity index (χ0n) is 14.1. The third-order valence-corrected chi connectivity index (χ3v) is 4.00. The molecule has 0 bridgehead atoms. The molecular weight excluding hydrogens is 304 g/mol. The number of esters is 1. The smallest absolute Gasteiger partial charge is 0.333 e. The third kappa shape index (κ3) is 4.20. The second kappa shape index (κ2) is 7.75.